The summed E-state index contributed by atoms with van der Waals surface area (Å²) in [5.41, 5.74) is 4.68. The van der Waals surface area contributed by atoms with Gasteiger partial charge in [0.25, 0.3) is 0 Å². The molecule has 3 aromatic rings. The zero-order valence-electron chi connectivity index (χ0n) is 16.1. The first-order chi connectivity index (χ1) is 13.7. The van der Waals surface area contributed by atoms with Crippen LogP contribution in [-0.2, 0) is 11.0 Å². The van der Waals surface area contributed by atoms with Gasteiger partial charge in [-0.2, -0.15) is 0 Å². The van der Waals surface area contributed by atoms with Crippen LogP contribution < -0.4 is 10.2 Å². The third kappa shape index (κ3) is 3.83. The first-order valence-electron chi connectivity index (χ1n) is 9.39. The van der Waals surface area contributed by atoms with Crippen LogP contribution in [0.25, 0.3) is 22.3 Å². The van der Waals surface area contributed by atoms with Gasteiger partial charge in [0.15, 0.2) is 5.82 Å². The second-order valence-corrected chi connectivity index (χ2v) is 8.13. The van der Waals surface area contributed by atoms with Crippen LogP contribution in [0.4, 0.5) is 11.5 Å². The second-order valence-electron chi connectivity index (χ2n) is 6.77. The molecule has 1 aromatic carbocycles. The molecule has 0 bridgehead atoms. The summed E-state index contributed by atoms with van der Waals surface area (Å²) in [6.45, 7) is 3.56. The highest BCUT2D eigenvalue weighted by Gasteiger charge is 2.17. The van der Waals surface area contributed by atoms with E-state index in [1.165, 1.54) is 5.69 Å². The summed E-state index contributed by atoms with van der Waals surface area (Å²) >= 11 is 0. The smallest absolute Gasteiger partial charge is 0.154 e. The fourth-order valence-corrected chi connectivity index (χ4v) is 4.27. The highest BCUT2D eigenvalue weighted by atomic mass is 32.2. The first kappa shape index (κ1) is 18.8. The Morgan fingerprint density at radius 2 is 1.82 bits per heavy atom. The summed E-state index contributed by atoms with van der Waals surface area (Å²) in [6.07, 6.45) is 6.14. The number of rotatable bonds is 4. The van der Waals surface area contributed by atoms with Crippen molar-refractivity contribution in [2.75, 3.05) is 49.7 Å². The number of nitrogens with one attached hydrogen (secondary N) is 1. The second kappa shape index (κ2) is 8.20. The number of nitrogens with zero attached hydrogens (tertiary/aromatic N) is 5. The van der Waals surface area contributed by atoms with Crippen molar-refractivity contribution in [1.29, 1.82) is 0 Å². The molecular weight excluding hydrogens is 372 g/mol. The fraction of sp³-hybridized carbons (Fsp3) is 0.350. The molecule has 1 unspecified atom stereocenters. The van der Waals surface area contributed by atoms with Crippen molar-refractivity contribution in [3.05, 3.63) is 42.7 Å². The molecular formula is C20H24N6OS. The van der Waals surface area contributed by atoms with E-state index in [0.29, 0.717) is 0 Å². The molecule has 1 fully saturated rings. The molecule has 3 heterocycles. The Bertz CT molecular complexity index is 994. The Balaban J connectivity index is 1.58. The maximum Gasteiger partial charge on any atom is 0.154 e. The van der Waals surface area contributed by atoms with Crippen molar-refractivity contribution in [1.82, 2.24) is 19.3 Å². The van der Waals surface area contributed by atoms with E-state index in [0.717, 1.165) is 60.7 Å². The van der Waals surface area contributed by atoms with Crippen LogP contribution in [0, 0.1) is 0 Å². The monoisotopic (exact) mass is 396 g/mol. The van der Waals surface area contributed by atoms with Gasteiger partial charge in [-0.15, -0.1) is 0 Å². The Morgan fingerprint density at radius 1 is 1.04 bits per heavy atom. The van der Waals surface area contributed by atoms with Gasteiger partial charge in [0, 0.05) is 63.1 Å². The third-order valence-corrected chi connectivity index (χ3v) is 6.13. The lowest BCUT2D eigenvalue weighted by Gasteiger charge is -2.23. The first-order valence-corrected chi connectivity index (χ1v) is 10.9. The van der Waals surface area contributed by atoms with Gasteiger partial charge in [-0.25, -0.2) is 18.5 Å². The lowest BCUT2D eigenvalue weighted by Crippen LogP contribution is -2.31. The molecule has 4 rings (SSSR count). The van der Waals surface area contributed by atoms with Crippen LogP contribution in [0.3, 0.4) is 0 Å². The van der Waals surface area contributed by atoms with Gasteiger partial charge in [-0.3, -0.25) is 4.98 Å². The molecule has 7 nitrogen and oxygen atoms in total. The molecule has 1 N–H and O–H groups in total. The summed E-state index contributed by atoms with van der Waals surface area (Å²) in [6, 6.07) is 10.4. The maximum atomic E-state index is 11.7. The van der Waals surface area contributed by atoms with Gasteiger partial charge in [0.05, 0.1) is 22.2 Å². The molecule has 0 radical (unpaired) electrons. The van der Waals surface area contributed by atoms with E-state index in [1.54, 1.807) is 18.6 Å². The van der Waals surface area contributed by atoms with Gasteiger partial charge in [-0.05, 0) is 24.6 Å². The summed E-state index contributed by atoms with van der Waals surface area (Å²) in [5.74, 6) is 0.727. The van der Waals surface area contributed by atoms with E-state index in [9.17, 15) is 4.21 Å². The molecule has 2 aromatic heterocycles. The molecule has 1 aliphatic rings. The van der Waals surface area contributed by atoms with Crippen LogP contribution in [0.1, 0.15) is 6.42 Å². The van der Waals surface area contributed by atoms with Crippen LogP contribution >= 0.6 is 0 Å². The zero-order chi connectivity index (χ0) is 19.5. The summed E-state index contributed by atoms with van der Waals surface area (Å²) in [5, 5.41) is 3.11. The van der Waals surface area contributed by atoms with E-state index in [1.807, 2.05) is 17.4 Å². The van der Waals surface area contributed by atoms with Crippen molar-refractivity contribution in [2.45, 2.75) is 6.42 Å². The standard InChI is InChI=1S/C20H24N6OS/c1-21-20-19-18(22-8-9-23-19)14-17(24-20)15-4-6-16(7-5-15)25-10-3-11-26(13-12-25)28(2)27/h4-9,14H,3,10-13H2,1-2H3,(H,21,24). The molecule has 1 aliphatic heterocycles. The minimum absolute atomic E-state index is 0.727. The van der Waals surface area contributed by atoms with Crippen LogP contribution in [0.5, 0.6) is 0 Å². The molecule has 1 atom stereocenters. The number of hydrogen-bond donors (Lipinski definition) is 1. The Hall–Kier alpha value is -2.58. The predicted octanol–water partition coefficient (Wildman–Crippen LogP) is 2.54. The van der Waals surface area contributed by atoms with Crippen LogP contribution in [-0.4, -0.2) is 62.9 Å². The fourth-order valence-electron chi connectivity index (χ4n) is 3.55. The molecule has 146 valence electrons. The minimum Gasteiger partial charge on any atom is -0.371 e. The molecule has 0 spiro atoms. The normalized spacial score (nSPS) is 16.7. The predicted molar refractivity (Wildman–Crippen MR) is 115 cm³/mol. The Morgan fingerprint density at radius 3 is 2.57 bits per heavy atom. The number of pyridine rings is 1. The van der Waals surface area contributed by atoms with E-state index in [2.05, 4.69) is 44.5 Å². The molecule has 1 saturated heterocycles. The highest BCUT2D eigenvalue weighted by Crippen LogP contribution is 2.27. The highest BCUT2D eigenvalue weighted by molar-refractivity contribution is 7.81. The minimum atomic E-state index is -0.897. The molecule has 0 aliphatic carbocycles. The van der Waals surface area contributed by atoms with Crippen molar-refractivity contribution in [3.63, 3.8) is 0 Å². The van der Waals surface area contributed by atoms with Gasteiger partial charge in [0.2, 0.25) is 0 Å². The molecule has 8 heteroatoms. The molecule has 0 amide bonds. The topological polar surface area (TPSA) is 74.2 Å². The van der Waals surface area contributed by atoms with Gasteiger partial charge < -0.3 is 10.2 Å². The average Bonchev–Trinajstić information content (AvgIpc) is 2.99. The van der Waals surface area contributed by atoms with E-state index >= 15 is 0 Å². The third-order valence-electron chi connectivity index (χ3n) is 5.04. The summed E-state index contributed by atoms with van der Waals surface area (Å²) in [7, 11) is 0.946. The maximum absolute atomic E-state index is 11.7. The summed E-state index contributed by atoms with van der Waals surface area (Å²) in [4.78, 5) is 15.9. The van der Waals surface area contributed by atoms with Gasteiger partial charge in [-0.1, -0.05) is 12.1 Å². The van der Waals surface area contributed by atoms with Crippen LogP contribution in [0.2, 0.25) is 0 Å². The number of fused-ring (bicyclic) bond motifs is 1. The summed E-state index contributed by atoms with van der Waals surface area (Å²) < 4.78 is 13.8. The van der Waals surface area contributed by atoms with E-state index in [-0.39, 0.29) is 0 Å². The quantitative estimate of drug-likeness (QED) is 0.731. The Kier molecular flexibility index (Phi) is 5.50. The zero-order valence-corrected chi connectivity index (χ0v) is 16.9. The molecule has 28 heavy (non-hydrogen) atoms. The van der Waals surface area contributed by atoms with E-state index in [4.69, 9.17) is 4.98 Å². The Labute approximate surface area is 167 Å². The number of anilines is 2. The number of aromatic nitrogens is 3. The van der Waals surface area contributed by atoms with Crippen molar-refractivity contribution < 1.29 is 4.21 Å². The van der Waals surface area contributed by atoms with Crippen molar-refractivity contribution in [2.24, 2.45) is 0 Å². The average molecular weight is 397 g/mol. The van der Waals surface area contributed by atoms with Crippen molar-refractivity contribution >= 4 is 33.5 Å². The largest absolute Gasteiger partial charge is 0.371 e. The molecule has 0 saturated carbocycles. The van der Waals surface area contributed by atoms with Gasteiger partial charge in [0.1, 0.15) is 5.52 Å². The SMILES string of the molecule is CNc1nc(-c2ccc(N3CCCN(S(C)=O)CC3)cc2)cc2nccnc12. The lowest BCUT2D eigenvalue weighted by molar-refractivity contribution is 0.476. The lowest BCUT2D eigenvalue weighted by atomic mass is 10.1. The van der Waals surface area contributed by atoms with Crippen LogP contribution in [0.15, 0.2) is 42.7 Å². The number of hydrogen-bond acceptors (Lipinski definition) is 6. The van der Waals surface area contributed by atoms with E-state index < -0.39 is 11.0 Å². The van der Waals surface area contributed by atoms with Gasteiger partial charge >= 0.3 is 0 Å². The number of benzene rings is 1. The van der Waals surface area contributed by atoms with Crippen molar-refractivity contribution in [3.8, 4) is 11.3 Å².